The average Bonchev–Trinajstić information content (AvgIpc) is 3.41. The van der Waals surface area contributed by atoms with Gasteiger partial charge in [-0.05, 0) is 76.3 Å². The lowest BCUT2D eigenvalue weighted by Crippen LogP contribution is -2.39. The first-order valence-electron chi connectivity index (χ1n) is 16.3. The van der Waals surface area contributed by atoms with Crippen LogP contribution in [0.2, 0.25) is 0 Å². The Morgan fingerprint density at radius 1 is 1.00 bits per heavy atom. The van der Waals surface area contributed by atoms with Gasteiger partial charge in [0.25, 0.3) is 0 Å². The molecule has 1 unspecified atom stereocenters. The Hall–Kier alpha value is -3.83. The largest absolute Gasteiger partial charge is 0.462 e. The van der Waals surface area contributed by atoms with Crippen molar-refractivity contribution in [3.05, 3.63) is 76.2 Å². The van der Waals surface area contributed by atoms with Crippen molar-refractivity contribution in [1.82, 2.24) is 4.90 Å². The number of hydrogen-bond acceptors (Lipinski definition) is 8. The molecular weight excluding hydrogens is 635 g/mol. The minimum atomic E-state index is -0.659. The third kappa shape index (κ3) is 8.96. The van der Waals surface area contributed by atoms with Crippen LogP contribution in [0.3, 0.4) is 0 Å². The number of fused-ring (bicyclic) bond motifs is 1. The third-order valence-corrected chi connectivity index (χ3v) is 10.5. The number of thioether (sulfide) groups is 1. The second-order valence-electron chi connectivity index (χ2n) is 12.8. The topological polar surface area (TPSA) is 114 Å². The van der Waals surface area contributed by atoms with Gasteiger partial charge in [0.05, 0.1) is 18.7 Å². The number of anilines is 2. The van der Waals surface area contributed by atoms with Gasteiger partial charge >= 0.3 is 12.1 Å². The number of ether oxygens (including phenoxy) is 2. The van der Waals surface area contributed by atoms with E-state index in [4.69, 9.17) is 9.47 Å². The Kier molecular flexibility index (Phi) is 11.3. The van der Waals surface area contributed by atoms with Crippen LogP contribution in [0, 0.1) is 5.92 Å². The van der Waals surface area contributed by atoms with Crippen LogP contribution in [-0.2, 0) is 32.0 Å². The summed E-state index contributed by atoms with van der Waals surface area (Å²) in [7, 11) is 0. The van der Waals surface area contributed by atoms with E-state index in [0.717, 1.165) is 46.6 Å². The summed E-state index contributed by atoms with van der Waals surface area (Å²) in [5.41, 5.74) is 1.99. The summed E-state index contributed by atoms with van der Waals surface area (Å²) in [6.45, 7) is 8.06. The number of esters is 1. The predicted molar refractivity (Wildman–Crippen MR) is 186 cm³/mol. The molecule has 1 saturated carbocycles. The molecule has 3 aromatic rings. The van der Waals surface area contributed by atoms with Gasteiger partial charge in [-0.25, -0.2) is 9.59 Å². The maximum Gasteiger partial charge on any atom is 0.410 e. The van der Waals surface area contributed by atoms with Crippen LogP contribution >= 0.6 is 23.1 Å². The Labute approximate surface area is 284 Å². The monoisotopic (exact) mass is 677 g/mol. The van der Waals surface area contributed by atoms with E-state index in [1.54, 1.807) is 11.8 Å². The molecule has 1 aromatic heterocycles. The second kappa shape index (κ2) is 15.4. The predicted octanol–water partition coefficient (Wildman–Crippen LogP) is 8.21. The highest BCUT2D eigenvalue weighted by molar-refractivity contribution is 8.00. The summed E-state index contributed by atoms with van der Waals surface area (Å²) in [6, 6.07) is 17.0. The average molecular weight is 678 g/mol. The van der Waals surface area contributed by atoms with Crippen LogP contribution in [0.4, 0.5) is 15.5 Å². The number of thiophene rings is 1. The van der Waals surface area contributed by atoms with Gasteiger partial charge in [0, 0.05) is 27.9 Å². The fourth-order valence-corrected chi connectivity index (χ4v) is 8.20. The van der Waals surface area contributed by atoms with Crippen molar-refractivity contribution in [2.45, 2.75) is 88.5 Å². The van der Waals surface area contributed by atoms with Crippen LogP contribution in [0.1, 0.15) is 91.4 Å². The van der Waals surface area contributed by atoms with Crippen LogP contribution in [0.25, 0.3) is 0 Å². The van der Waals surface area contributed by atoms with Gasteiger partial charge in [0.1, 0.15) is 15.9 Å². The molecule has 1 aliphatic carbocycles. The lowest BCUT2D eigenvalue weighted by molar-refractivity contribution is -0.120. The van der Waals surface area contributed by atoms with E-state index in [-0.39, 0.29) is 30.9 Å². The van der Waals surface area contributed by atoms with Crippen LogP contribution in [-0.4, -0.2) is 47.5 Å². The van der Waals surface area contributed by atoms with Gasteiger partial charge < -0.3 is 25.0 Å². The number of nitrogens with zero attached hydrogens (tertiary/aromatic N) is 1. The maximum atomic E-state index is 14.1. The molecule has 47 heavy (non-hydrogen) atoms. The molecule has 2 heterocycles. The van der Waals surface area contributed by atoms with E-state index in [1.807, 2.05) is 75.4 Å². The molecule has 2 aromatic carbocycles. The molecule has 5 rings (SSSR count). The van der Waals surface area contributed by atoms with Gasteiger partial charge in [0.2, 0.25) is 11.8 Å². The molecule has 1 atom stereocenters. The Bertz CT molecular complexity index is 1590. The number of benzene rings is 2. The van der Waals surface area contributed by atoms with Gasteiger partial charge in [-0.15, -0.1) is 23.1 Å². The quantitative estimate of drug-likeness (QED) is 0.173. The molecule has 2 N–H and O–H groups in total. The van der Waals surface area contributed by atoms with Crippen molar-refractivity contribution >= 4 is 57.7 Å². The highest BCUT2D eigenvalue weighted by Crippen LogP contribution is 2.41. The number of amides is 3. The lowest BCUT2D eigenvalue weighted by Gasteiger charge is -2.30. The number of hydrogen-bond donors (Lipinski definition) is 2. The summed E-state index contributed by atoms with van der Waals surface area (Å²) >= 11 is 2.66. The molecule has 3 amide bonds. The van der Waals surface area contributed by atoms with Crippen LogP contribution < -0.4 is 10.6 Å². The summed E-state index contributed by atoms with van der Waals surface area (Å²) in [4.78, 5) is 56.4. The number of carbonyl (C=O) groups excluding carboxylic acids is 4. The molecule has 1 fully saturated rings. The zero-order valence-electron chi connectivity index (χ0n) is 27.4. The Balaban J connectivity index is 1.38. The summed E-state index contributed by atoms with van der Waals surface area (Å²) < 4.78 is 11.0. The zero-order valence-corrected chi connectivity index (χ0v) is 29.1. The van der Waals surface area contributed by atoms with Gasteiger partial charge in [-0.1, -0.05) is 55.7 Å². The lowest BCUT2D eigenvalue weighted by atomic mass is 9.88. The van der Waals surface area contributed by atoms with E-state index >= 15 is 0 Å². The molecular formula is C36H43N3O6S2. The Morgan fingerprint density at radius 3 is 2.45 bits per heavy atom. The standard InChI is InChI=1S/C36H43N3O6S2/c1-5-44-34(42)29-27-19-20-39(35(43)45-36(2,3)4)22-28(27)47-33(29)38-32(41)30(23-13-8-6-9-14-23)46-26-18-12-17-25(21-26)37-31(40)24-15-10-7-11-16-24/h6,8-9,12-14,17-18,21,24,30H,5,7,10-11,15-16,19-20,22H2,1-4H3,(H,37,40)(H,38,41). The summed E-state index contributed by atoms with van der Waals surface area (Å²) in [5, 5.41) is 5.87. The van der Waals surface area contributed by atoms with Crippen LogP contribution in [0.15, 0.2) is 59.5 Å². The maximum absolute atomic E-state index is 14.1. The minimum Gasteiger partial charge on any atom is -0.462 e. The first-order valence-corrected chi connectivity index (χ1v) is 17.9. The SMILES string of the molecule is CCOC(=O)c1c(NC(=O)C(Sc2cccc(NC(=O)C3CCCCC3)c2)c2ccccc2)sc2c1CCN(C(=O)OC(C)(C)C)C2. The fourth-order valence-electron chi connectivity index (χ4n) is 5.86. The highest BCUT2D eigenvalue weighted by Gasteiger charge is 2.34. The van der Waals surface area contributed by atoms with Crippen molar-refractivity contribution in [2.24, 2.45) is 5.92 Å². The summed E-state index contributed by atoms with van der Waals surface area (Å²) in [6.07, 6.45) is 5.18. The molecule has 11 heteroatoms. The summed E-state index contributed by atoms with van der Waals surface area (Å²) in [5.74, 6) is -0.728. The van der Waals surface area contributed by atoms with Crippen molar-refractivity contribution < 1.29 is 28.7 Å². The first-order chi connectivity index (χ1) is 22.5. The fraction of sp³-hybridized carbons (Fsp3) is 0.444. The number of nitrogens with one attached hydrogen (secondary N) is 2. The van der Waals surface area contributed by atoms with Gasteiger partial charge in [-0.3, -0.25) is 9.59 Å². The zero-order chi connectivity index (χ0) is 33.6. The molecule has 0 saturated heterocycles. The molecule has 0 bridgehead atoms. The third-order valence-electron chi connectivity index (χ3n) is 8.10. The van der Waals surface area contributed by atoms with Crippen LogP contribution in [0.5, 0.6) is 0 Å². The number of carbonyl (C=O) groups is 4. The first kappa shape index (κ1) is 34.5. The molecule has 9 nitrogen and oxygen atoms in total. The van der Waals surface area contributed by atoms with Crippen molar-refractivity contribution in [2.75, 3.05) is 23.8 Å². The minimum absolute atomic E-state index is 0.0318. The second-order valence-corrected chi connectivity index (χ2v) is 15.1. The molecule has 0 spiro atoms. The Morgan fingerprint density at radius 2 is 1.74 bits per heavy atom. The highest BCUT2D eigenvalue weighted by atomic mass is 32.2. The van der Waals surface area contributed by atoms with E-state index in [1.165, 1.54) is 29.5 Å². The number of rotatable bonds is 9. The van der Waals surface area contributed by atoms with Crippen molar-refractivity contribution in [1.29, 1.82) is 0 Å². The van der Waals surface area contributed by atoms with Gasteiger partial charge in [-0.2, -0.15) is 0 Å². The van der Waals surface area contributed by atoms with E-state index in [2.05, 4.69) is 10.6 Å². The molecule has 1 aliphatic heterocycles. The normalized spacial score (nSPS) is 15.7. The van der Waals surface area contributed by atoms with Crippen molar-refractivity contribution in [3.63, 3.8) is 0 Å². The molecule has 2 aliphatic rings. The molecule has 250 valence electrons. The van der Waals surface area contributed by atoms with E-state index in [0.29, 0.717) is 29.2 Å². The van der Waals surface area contributed by atoms with E-state index in [9.17, 15) is 19.2 Å². The smallest absolute Gasteiger partial charge is 0.410 e. The molecule has 0 radical (unpaired) electrons. The van der Waals surface area contributed by atoms with Gasteiger partial charge in [0.15, 0.2) is 0 Å². The van der Waals surface area contributed by atoms with Crippen molar-refractivity contribution in [3.8, 4) is 0 Å². The van der Waals surface area contributed by atoms with E-state index < -0.39 is 22.9 Å².